The van der Waals surface area contributed by atoms with Crippen molar-refractivity contribution in [3.63, 3.8) is 0 Å². The van der Waals surface area contributed by atoms with Gasteiger partial charge in [0.2, 0.25) is 0 Å². The lowest BCUT2D eigenvalue weighted by atomic mass is 9.77. The molecule has 0 heterocycles. The standard InChI is InChI=1S/C13H17Br2N/c1-2-16-13(9-4-3-5-9)10-6-11(14)8-12(15)7-10/h6-9,13,16H,2-5H2,1H3. The predicted molar refractivity (Wildman–Crippen MR) is 75.6 cm³/mol. The lowest BCUT2D eigenvalue weighted by Crippen LogP contribution is -2.32. The fraction of sp³-hybridized carbons (Fsp3) is 0.538. The highest BCUT2D eigenvalue weighted by atomic mass is 79.9. The van der Waals surface area contributed by atoms with Gasteiger partial charge in [0, 0.05) is 15.0 Å². The summed E-state index contributed by atoms with van der Waals surface area (Å²) in [5.41, 5.74) is 1.40. The second-order valence-electron chi connectivity index (χ2n) is 4.43. The van der Waals surface area contributed by atoms with Crippen LogP contribution in [0.1, 0.15) is 37.8 Å². The summed E-state index contributed by atoms with van der Waals surface area (Å²) < 4.78 is 2.30. The van der Waals surface area contributed by atoms with Crippen LogP contribution < -0.4 is 5.32 Å². The van der Waals surface area contributed by atoms with E-state index in [2.05, 4.69) is 62.3 Å². The highest BCUT2D eigenvalue weighted by Crippen LogP contribution is 2.39. The van der Waals surface area contributed by atoms with Gasteiger partial charge in [-0.15, -0.1) is 0 Å². The molecular formula is C13H17Br2N. The third-order valence-electron chi connectivity index (χ3n) is 3.29. The number of benzene rings is 1. The average Bonchev–Trinajstić information content (AvgIpc) is 2.12. The molecule has 3 heteroatoms. The van der Waals surface area contributed by atoms with Gasteiger partial charge in [-0.25, -0.2) is 0 Å². The Bertz CT molecular complexity index is 341. The smallest absolute Gasteiger partial charge is 0.0349 e. The van der Waals surface area contributed by atoms with Crippen molar-refractivity contribution < 1.29 is 0 Å². The number of rotatable bonds is 4. The maximum absolute atomic E-state index is 3.61. The van der Waals surface area contributed by atoms with Crippen LogP contribution in [0.5, 0.6) is 0 Å². The number of hydrogen-bond acceptors (Lipinski definition) is 1. The Morgan fingerprint density at radius 1 is 1.25 bits per heavy atom. The van der Waals surface area contributed by atoms with Crippen LogP contribution in [-0.2, 0) is 0 Å². The van der Waals surface area contributed by atoms with Crippen LogP contribution in [0.3, 0.4) is 0 Å². The van der Waals surface area contributed by atoms with Crippen molar-refractivity contribution in [2.75, 3.05) is 6.54 Å². The zero-order valence-corrected chi connectivity index (χ0v) is 12.6. The summed E-state index contributed by atoms with van der Waals surface area (Å²) in [5.74, 6) is 0.821. The predicted octanol–water partition coefficient (Wildman–Crippen LogP) is 4.66. The molecule has 16 heavy (non-hydrogen) atoms. The molecule has 1 fully saturated rings. The van der Waals surface area contributed by atoms with Crippen LogP contribution in [0.2, 0.25) is 0 Å². The van der Waals surface area contributed by atoms with E-state index in [9.17, 15) is 0 Å². The molecule has 1 atom stereocenters. The summed E-state index contributed by atoms with van der Waals surface area (Å²) >= 11 is 7.13. The molecule has 1 N–H and O–H groups in total. The minimum Gasteiger partial charge on any atom is -0.310 e. The second kappa shape index (κ2) is 5.65. The maximum Gasteiger partial charge on any atom is 0.0349 e. The Labute approximate surface area is 114 Å². The van der Waals surface area contributed by atoms with Crippen LogP contribution in [-0.4, -0.2) is 6.54 Å². The molecule has 1 aliphatic carbocycles. The first-order valence-corrected chi connectivity index (χ1v) is 7.48. The second-order valence-corrected chi connectivity index (χ2v) is 6.26. The van der Waals surface area contributed by atoms with Crippen molar-refractivity contribution in [1.29, 1.82) is 0 Å². The van der Waals surface area contributed by atoms with E-state index >= 15 is 0 Å². The normalized spacial score (nSPS) is 18.2. The Balaban J connectivity index is 2.22. The van der Waals surface area contributed by atoms with E-state index in [-0.39, 0.29) is 0 Å². The van der Waals surface area contributed by atoms with Crippen molar-refractivity contribution in [1.82, 2.24) is 5.32 Å². The quantitative estimate of drug-likeness (QED) is 0.835. The highest BCUT2D eigenvalue weighted by Gasteiger charge is 2.27. The van der Waals surface area contributed by atoms with Gasteiger partial charge in [0.1, 0.15) is 0 Å². The van der Waals surface area contributed by atoms with Gasteiger partial charge in [0.25, 0.3) is 0 Å². The highest BCUT2D eigenvalue weighted by molar-refractivity contribution is 9.11. The van der Waals surface area contributed by atoms with Crippen LogP contribution in [0, 0.1) is 5.92 Å². The summed E-state index contributed by atoms with van der Waals surface area (Å²) in [6.45, 7) is 3.21. The lowest BCUT2D eigenvalue weighted by Gasteiger charge is -2.34. The van der Waals surface area contributed by atoms with Crippen molar-refractivity contribution in [2.24, 2.45) is 5.92 Å². The summed E-state index contributed by atoms with van der Waals surface area (Å²) in [6.07, 6.45) is 4.12. The molecule has 0 aliphatic heterocycles. The van der Waals surface area contributed by atoms with E-state index in [0.29, 0.717) is 6.04 Å². The Morgan fingerprint density at radius 3 is 2.31 bits per heavy atom. The molecule has 1 saturated carbocycles. The molecule has 2 rings (SSSR count). The molecule has 0 radical (unpaired) electrons. The van der Waals surface area contributed by atoms with Crippen LogP contribution in [0.4, 0.5) is 0 Å². The number of halogens is 2. The van der Waals surface area contributed by atoms with Crippen LogP contribution in [0.15, 0.2) is 27.1 Å². The van der Waals surface area contributed by atoms with Gasteiger partial charge >= 0.3 is 0 Å². The zero-order chi connectivity index (χ0) is 11.5. The monoisotopic (exact) mass is 345 g/mol. The van der Waals surface area contributed by atoms with Gasteiger partial charge in [0.05, 0.1) is 0 Å². The Hall–Kier alpha value is 0.140. The third kappa shape index (κ3) is 2.88. The SMILES string of the molecule is CCNC(c1cc(Br)cc(Br)c1)C1CCC1. The first-order valence-electron chi connectivity index (χ1n) is 5.90. The maximum atomic E-state index is 3.61. The first-order chi connectivity index (χ1) is 7.70. The van der Waals surface area contributed by atoms with E-state index < -0.39 is 0 Å². The van der Waals surface area contributed by atoms with E-state index in [1.54, 1.807) is 0 Å². The molecule has 1 aromatic carbocycles. The van der Waals surface area contributed by atoms with Gasteiger partial charge in [-0.1, -0.05) is 45.2 Å². The molecule has 1 aliphatic rings. The molecule has 88 valence electrons. The van der Waals surface area contributed by atoms with E-state index in [1.807, 2.05) is 0 Å². The van der Waals surface area contributed by atoms with Gasteiger partial charge in [-0.05, 0) is 49.1 Å². The molecule has 0 amide bonds. The molecular weight excluding hydrogens is 330 g/mol. The van der Waals surface area contributed by atoms with Crippen molar-refractivity contribution in [2.45, 2.75) is 32.2 Å². The topological polar surface area (TPSA) is 12.0 Å². The van der Waals surface area contributed by atoms with E-state index in [0.717, 1.165) is 21.4 Å². The largest absolute Gasteiger partial charge is 0.310 e. The number of hydrogen-bond donors (Lipinski definition) is 1. The van der Waals surface area contributed by atoms with Gasteiger partial charge in [0.15, 0.2) is 0 Å². The third-order valence-corrected chi connectivity index (χ3v) is 4.20. The van der Waals surface area contributed by atoms with Crippen molar-refractivity contribution in [3.05, 3.63) is 32.7 Å². The fourth-order valence-corrected chi connectivity index (χ4v) is 3.63. The van der Waals surface area contributed by atoms with Gasteiger partial charge in [-0.3, -0.25) is 0 Å². The zero-order valence-electron chi connectivity index (χ0n) is 9.47. The fourth-order valence-electron chi connectivity index (χ4n) is 2.30. The van der Waals surface area contributed by atoms with Gasteiger partial charge < -0.3 is 5.32 Å². The summed E-state index contributed by atoms with van der Waals surface area (Å²) in [4.78, 5) is 0. The minimum absolute atomic E-state index is 0.521. The molecule has 1 nitrogen and oxygen atoms in total. The van der Waals surface area contributed by atoms with Crippen molar-refractivity contribution >= 4 is 31.9 Å². The molecule has 0 aromatic heterocycles. The minimum atomic E-state index is 0.521. The lowest BCUT2D eigenvalue weighted by molar-refractivity contribution is 0.233. The van der Waals surface area contributed by atoms with Gasteiger partial charge in [-0.2, -0.15) is 0 Å². The Kier molecular flexibility index (Phi) is 4.45. The van der Waals surface area contributed by atoms with E-state index in [4.69, 9.17) is 0 Å². The Morgan fingerprint density at radius 2 is 1.88 bits per heavy atom. The molecule has 0 saturated heterocycles. The first kappa shape index (κ1) is 12.6. The van der Waals surface area contributed by atoms with E-state index in [1.165, 1.54) is 24.8 Å². The summed E-state index contributed by atoms with van der Waals surface area (Å²) in [7, 11) is 0. The molecule has 0 spiro atoms. The average molecular weight is 347 g/mol. The molecule has 0 bridgehead atoms. The molecule has 1 aromatic rings. The summed E-state index contributed by atoms with van der Waals surface area (Å²) in [6, 6.07) is 7.08. The van der Waals surface area contributed by atoms with Crippen molar-refractivity contribution in [3.8, 4) is 0 Å². The number of nitrogens with one attached hydrogen (secondary N) is 1. The molecule has 1 unspecified atom stereocenters. The summed E-state index contributed by atoms with van der Waals surface area (Å²) in [5, 5.41) is 3.61. The van der Waals surface area contributed by atoms with Crippen LogP contribution >= 0.6 is 31.9 Å². The van der Waals surface area contributed by atoms with Crippen LogP contribution in [0.25, 0.3) is 0 Å².